The van der Waals surface area contributed by atoms with Crippen LogP contribution in [-0.2, 0) is 4.74 Å². The summed E-state index contributed by atoms with van der Waals surface area (Å²) in [6.45, 7) is 1.56. The zero-order chi connectivity index (χ0) is 10.9. The van der Waals surface area contributed by atoms with Gasteiger partial charge in [0.1, 0.15) is 16.3 Å². The Balaban J connectivity index is 3.40. The molecule has 0 amide bonds. The molecule has 1 rings (SSSR count). The van der Waals surface area contributed by atoms with Crippen LogP contribution in [0.3, 0.4) is 0 Å². The number of aryl methyl sites for hydroxylation is 1. The Morgan fingerprint density at radius 3 is 2.50 bits per heavy atom. The van der Waals surface area contributed by atoms with Crippen molar-refractivity contribution in [3.63, 3.8) is 0 Å². The molecule has 1 aromatic rings. The van der Waals surface area contributed by atoms with Crippen molar-refractivity contribution in [3.05, 3.63) is 22.2 Å². The SMILES string of the molecule is COC(=O)c1cc(C)c(O)c(Cl)c1O. The van der Waals surface area contributed by atoms with Crippen molar-refractivity contribution >= 4 is 17.6 Å². The molecule has 0 saturated heterocycles. The second-order valence-electron chi connectivity index (χ2n) is 2.74. The lowest BCUT2D eigenvalue weighted by molar-refractivity contribution is 0.0597. The van der Waals surface area contributed by atoms with Gasteiger partial charge in [0.15, 0.2) is 5.75 Å². The number of carbonyl (C=O) groups is 1. The molecule has 0 aromatic heterocycles. The largest absolute Gasteiger partial charge is 0.506 e. The summed E-state index contributed by atoms with van der Waals surface area (Å²) in [6.07, 6.45) is 0. The van der Waals surface area contributed by atoms with Crippen LogP contribution in [0.2, 0.25) is 5.02 Å². The van der Waals surface area contributed by atoms with Crippen molar-refractivity contribution in [1.82, 2.24) is 0 Å². The number of methoxy groups -OCH3 is 1. The van der Waals surface area contributed by atoms with Gasteiger partial charge in [0.2, 0.25) is 0 Å². The van der Waals surface area contributed by atoms with Crippen LogP contribution in [-0.4, -0.2) is 23.3 Å². The summed E-state index contributed by atoms with van der Waals surface area (Å²) in [7, 11) is 1.19. The molecular weight excluding hydrogens is 208 g/mol. The van der Waals surface area contributed by atoms with E-state index in [1.54, 1.807) is 6.92 Å². The van der Waals surface area contributed by atoms with Gasteiger partial charge in [0, 0.05) is 0 Å². The fourth-order valence-electron chi connectivity index (χ4n) is 1.02. The summed E-state index contributed by atoms with van der Waals surface area (Å²) in [4.78, 5) is 11.1. The number of carbonyl (C=O) groups excluding carboxylic acids is 1. The lowest BCUT2D eigenvalue weighted by Gasteiger charge is -2.08. The average molecular weight is 217 g/mol. The zero-order valence-corrected chi connectivity index (χ0v) is 8.42. The van der Waals surface area contributed by atoms with Gasteiger partial charge >= 0.3 is 5.97 Å². The first-order valence-electron chi connectivity index (χ1n) is 3.78. The number of phenols is 2. The van der Waals surface area contributed by atoms with Crippen LogP contribution < -0.4 is 0 Å². The molecule has 0 aliphatic rings. The molecule has 0 aliphatic carbocycles. The number of esters is 1. The number of hydrogen-bond acceptors (Lipinski definition) is 4. The van der Waals surface area contributed by atoms with Crippen LogP contribution in [0.4, 0.5) is 0 Å². The molecule has 76 valence electrons. The van der Waals surface area contributed by atoms with E-state index in [1.165, 1.54) is 13.2 Å². The molecule has 1 aromatic carbocycles. The predicted octanol–water partition coefficient (Wildman–Crippen LogP) is 1.85. The van der Waals surface area contributed by atoms with E-state index in [0.717, 1.165) is 0 Å². The van der Waals surface area contributed by atoms with Crippen LogP contribution in [0.5, 0.6) is 11.5 Å². The Kier molecular flexibility index (Phi) is 2.86. The van der Waals surface area contributed by atoms with Gasteiger partial charge in [-0.3, -0.25) is 0 Å². The van der Waals surface area contributed by atoms with Crippen LogP contribution >= 0.6 is 11.6 Å². The molecule has 0 aliphatic heterocycles. The third-order valence-corrected chi connectivity index (χ3v) is 2.17. The van der Waals surface area contributed by atoms with Crippen molar-refractivity contribution < 1.29 is 19.7 Å². The molecule has 0 unspecified atom stereocenters. The Bertz CT molecular complexity index is 387. The lowest BCUT2D eigenvalue weighted by Crippen LogP contribution is -2.02. The first-order valence-corrected chi connectivity index (χ1v) is 4.16. The quantitative estimate of drug-likeness (QED) is 0.703. The van der Waals surface area contributed by atoms with E-state index < -0.39 is 11.7 Å². The molecule has 0 heterocycles. The van der Waals surface area contributed by atoms with Crippen molar-refractivity contribution in [2.75, 3.05) is 7.11 Å². The second-order valence-corrected chi connectivity index (χ2v) is 3.12. The zero-order valence-electron chi connectivity index (χ0n) is 7.67. The number of aromatic hydroxyl groups is 2. The van der Waals surface area contributed by atoms with E-state index in [2.05, 4.69) is 4.74 Å². The Labute approximate surface area is 85.7 Å². The summed E-state index contributed by atoms with van der Waals surface area (Å²) in [5, 5.41) is 18.5. The van der Waals surface area contributed by atoms with Gasteiger partial charge in [-0.2, -0.15) is 0 Å². The fraction of sp³-hybridized carbons (Fsp3) is 0.222. The van der Waals surface area contributed by atoms with Gasteiger partial charge in [-0.25, -0.2) is 4.79 Å². The third-order valence-electron chi connectivity index (χ3n) is 1.81. The van der Waals surface area contributed by atoms with E-state index in [0.29, 0.717) is 5.56 Å². The highest BCUT2D eigenvalue weighted by atomic mass is 35.5. The van der Waals surface area contributed by atoms with Crippen LogP contribution in [0.1, 0.15) is 15.9 Å². The van der Waals surface area contributed by atoms with Crippen molar-refractivity contribution in [3.8, 4) is 11.5 Å². The molecule has 5 heteroatoms. The first-order chi connectivity index (χ1) is 6.49. The van der Waals surface area contributed by atoms with Crippen molar-refractivity contribution in [1.29, 1.82) is 0 Å². The second kappa shape index (κ2) is 3.75. The number of phenolic OH excluding ortho intramolecular Hbond substituents is 2. The van der Waals surface area contributed by atoms with Gasteiger partial charge in [-0.15, -0.1) is 0 Å². The van der Waals surface area contributed by atoms with E-state index in [4.69, 9.17) is 11.6 Å². The lowest BCUT2D eigenvalue weighted by atomic mass is 10.1. The van der Waals surface area contributed by atoms with Gasteiger partial charge < -0.3 is 14.9 Å². The summed E-state index contributed by atoms with van der Waals surface area (Å²) in [5.74, 6) is -1.41. The summed E-state index contributed by atoms with van der Waals surface area (Å²) in [5.41, 5.74) is 0.334. The normalized spacial score (nSPS) is 9.93. The summed E-state index contributed by atoms with van der Waals surface area (Å²) < 4.78 is 4.43. The maximum absolute atomic E-state index is 11.1. The Hall–Kier alpha value is -1.42. The molecular formula is C9H9ClO4. The predicted molar refractivity (Wildman–Crippen MR) is 50.9 cm³/mol. The molecule has 0 atom stereocenters. The number of hydrogen-bond donors (Lipinski definition) is 2. The molecule has 2 N–H and O–H groups in total. The number of benzene rings is 1. The Morgan fingerprint density at radius 1 is 1.43 bits per heavy atom. The summed E-state index contributed by atoms with van der Waals surface area (Å²) >= 11 is 5.58. The molecule has 14 heavy (non-hydrogen) atoms. The third kappa shape index (κ3) is 1.61. The minimum absolute atomic E-state index is 0.0622. The highest BCUT2D eigenvalue weighted by Gasteiger charge is 2.18. The topological polar surface area (TPSA) is 66.8 Å². The van der Waals surface area contributed by atoms with Crippen LogP contribution in [0.25, 0.3) is 0 Å². The van der Waals surface area contributed by atoms with Gasteiger partial charge in [0.05, 0.1) is 7.11 Å². The average Bonchev–Trinajstić information content (AvgIpc) is 2.19. The van der Waals surface area contributed by atoms with Gasteiger partial charge in [-0.05, 0) is 18.6 Å². The smallest absolute Gasteiger partial charge is 0.341 e. The van der Waals surface area contributed by atoms with Gasteiger partial charge in [-0.1, -0.05) is 11.6 Å². The molecule has 0 fully saturated rings. The molecule has 0 saturated carbocycles. The van der Waals surface area contributed by atoms with E-state index in [1.807, 2.05) is 0 Å². The van der Waals surface area contributed by atoms with Crippen LogP contribution in [0, 0.1) is 6.92 Å². The van der Waals surface area contributed by atoms with Crippen LogP contribution in [0.15, 0.2) is 6.07 Å². The highest BCUT2D eigenvalue weighted by Crippen LogP contribution is 2.38. The van der Waals surface area contributed by atoms with Crippen molar-refractivity contribution in [2.24, 2.45) is 0 Å². The van der Waals surface area contributed by atoms with Crippen molar-refractivity contribution in [2.45, 2.75) is 6.92 Å². The van der Waals surface area contributed by atoms with E-state index in [9.17, 15) is 15.0 Å². The molecule has 0 bridgehead atoms. The first kappa shape index (κ1) is 10.7. The molecule has 4 nitrogen and oxygen atoms in total. The summed E-state index contributed by atoms with van der Waals surface area (Å²) in [6, 6.07) is 1.31. The number of rotatable bonds is 1. The molecule has 0 radical (unpaired) electrons. The minimum atomic E-state index is -0.701. The maximum Gasteiger partial charge on any atom is 0.341 e. The number of ether oxygens (including phenoxy) is 1. The standard InChI is InChI=1S/C9H9ClO4/c1-4-3-5(9(13)14-2)8(12)6(10)7(4)11/h3,11-12H,1-2H3. The number of halogens is 1. The minimum Gasteiger partial charge on any atom is -0.506 e. The monoisotopic (exact) mass is 216 g/mol. The fourth-order valence-corrected chi connectivity index (χ4v) is 1.27. The Morgan fingerprint density at radius 2 is 2.00 bits per heavy atom. The molecule has 0 spiro atoms. The van der Waals surface area contributed by atoms with Gasteiger partial charge in [0.25, 0.3) is 0 Å². The van der Waals surface area contributed by atoms with E-state index >= 15 is 0 Å². The highest BCUT2D eigenvalue weighted by molar-refractivity contribution is 6.34. The van der Waals surface area contributed by atoms with E-state index in [-0.39, 0.29) is 16.3 Å². The maximum atomic E-state index is 11.1.